The van der Waals surface area contributed by atoms with Gasteiger partial charge in [0.2, 0.25) is 0 Å². The molecule has 0 aliphatic rings. The number of hydrogen-bond donors (Lipinski definition) is 1. The van der Waals surface area contributed by atoms with Crippen LogP contribution in [0.4, 0.5) is 0 Å². The molecule has 1 heteroatoms. The summed E-state index contributed by atoms with van der Waals surface area (Å²) in [5.41, 5.74) is 0.462. The summed E-state index contributed by atoms with van der Waals surface area (Å²) in [5.74, 6) is 3.34. The second-order valence-electron chi connectivity index (χ2n) is 5.76. The first-order chi connectivity index (χ1) is 5.78. The summed E-state index contributed by atoms with van der Waals surface area (Å²) in [6, 6.07) is 0. The zero-order chi connectivity index (χ0) is 10.6. The molecule has 0 aromatic carbocycles. The second kappa shape index (κ2) is 5.29. The van der Waals surface area contributed by atoms with Gasteiger partial charge in [-0.05, 0) is 35.3 Å². The van der Waals surface area contributed by atoms with Crippen molar-refractivity contribution in [1.29, 1.82) is 0 Å². The van der Waals surface area contributed by atoms with Crippen molar-refractivity contribution in [2.24, 2.45) is 23.2 Å². The highest BCUT2D eigenvalue weighted by Crippen LogP contribution is 2.32. The normalized spacial score (nSPS) is 19.6. The average molecular weight is 202 g/mol. The van der Waals surface area contributed by atoms with E-state index in [1.807, 2.05) is 0 Å². The van der Waals surface area contributed by atoms with Gasteiger partial charge in [0.1, 0.15) is 0 Å². The smallest absolute Gasteiger partial charge is 0.00695 e. The summed E-state index contributed by atoms with van der Waals surface area (Å²) >= 11 is 4.36. The zero-order valence-corrected chi connectivity index (χ0v) is 11.0. The third-order valence-corrected chi connectivity index (χ3v) is 3.59. The van der Waals surface area contributed by atoms with E-state index in [0.29, 0.717) is 5.41 Å². The fraction of sp³-hybridized carbons (Fsp3) is 1.00. The summed E-state index contributed by atoms with van der Waals surface area (Å²) in [6.45, 7) is 14.0. The van der Waals surface area contributed by atoms with Gasteiger partial charge in [0, 0.05) is 0 Å². The van der Waals surface area contributed by atoms with Crippen molar-refractivity contribution in [3.63, 3.8) is 0 Å². The largest absolute Gasteiger partial charge is 0.179 e. The van der Waals surface area contributed by atoms with Gasteiger partial charge in [-0.25, -0.2) is 0 Å². The molecule has 0 N–H and O–H groups in total. The molecule has 0 radical (unpaired) electrons. The van der Waals surface area contributed by atoms with Crippen LogP contribution in [0.3, 0.4) is 0 Å². The van der Waals surface area contributed by atoms with Crippen LogP contribution in [0.15, 0.2) is 0 Å². The monoisotopic (exact) mass is 202 g/mol. The summed E-state index contributed by atoms with van der Waals surface area (Å²) in [7, 11) is 0. The molecule has 0 saturated heterocycles. The minimum atomic E-state index is 0.462. The molecular weight excluding hydrogens is 176 g/mol. The number of hydrogen-bond acceptors (Lipinski definition) is 1. The van der Waals surface area contributed by atoms with Crippen LogP contribution in [-0.4, -0.2) is 5.75 Å². The van der Waals surface area contributed by atoms with E-state index in [9.17, 15) is 0 Å². The van der Waals surface area contributed by atoms with E-state index in [2.05, 4.69) is 54.2 Å². The van der Waals surface area contributed by atoms with Crippen LogP contribution in [0, 0.1) is 23.2 Å². The van der Waals surface area contributed by atoms with E-state index in [-0.39, 0.29) is 0 Å². The predicted octanol–water partition coefficient (Wildman–Crippen LogP) is 4.26. The Morgan fingerprint density at radius 2 is 1.46 bits per heavy atom. The third kappa shape index (κ3) is 5.61. The maximum Gasteiger partial charge on any atom is -0.00695 e. The van der Waals surface area contributed by atoms with E-state index in [4.69, 9.17) is 0 Å². The second-order valence-corrected chi connectivity index (χ2v) is 6.13. The van der Waals surface area contributed by atoms with Crippen LogP contribution >= 0.6 is 12.6 Å². The van der Waals surface area contributed by atoms with Crippen LogP contribution in [0.2, 0.25) is 0 Å². The van der Waals surface area contributed by atoms with Gasteiger partial charge < -0.3 is 0 Å². The predicted molar refractivity (Wildman–Crippen MR) is 65.4 cm³/mol. The van der Waals surface area contributed by atoms with Gasteiger partial charge in [-0.3, -0.25) is 0 Å². The highest BCUT2D eigenvalue weighted by Gasteiger charge is 2.22. The molecular formula is C12H26S. The molecule has 3 unspecified atom stereocenters. The van der Waals surface area contributed by atoms with Crippen molar-refractivity contribution in [2.75, 3.05) is 5.75 Å². The van der Waals surface area contributed by atoms with E-state index >= 15 is 0 Å². The molecule has 0 bridgehead atoms. The van der Waals surface area contributed by atoms with Gasteiger partial charge in [-0.1, -0.05) is 41.5 Å². The Balaban J connectivity index is 4.03. The van der Waals surface area contributed by atoms with E-state index in [1.165, 1.54) is 6.42 Å². The minimum absolute atomic E-state index is 0.462. The molecule has 0 spiro atoms. The zero-order valence-electron chi connectivity index (χ0n) is 10.1. The van der Waals surface area contributed by atoms with Crippen LogP contribution in [0.1, 0.15) is 48.0 Å². The molecule has 0 nitrogen and oxygen atoms in total. The van der Waals surface area contributed by atoms with Gasteiger partial charge >= 0.3 is 0 Å². The molecule has 0 aromatic rings. The van der Waals surface area contributed by atoms with Crippen LogP contribution in [0.5, 0.6) is 0 Å². The molecule has 13 heavy (non-hydrogen) atoms. The van der Waals surface area contributed by atoms with Crippen molar-refractivity contribution < 1.29 is 0 Å². The Kier molecular flexibility index (Phi) is 5.43. The van der Waals surface area contributed by atoms with Gasteiger partial charge in [0.25, 0.3) is 0 Å². The molecule has 0 heterocycles. The SMILES string of the molecule is CC(CS)C(C)C(C)CC(C)(C)C. The van der Waals surface area contributed by atoms with E-state index < -0.39 is 0 Å². The molecule has 0 saturated carbocycles. The molecule has 0 amide bonds. The van der Waals surface area contributed by atoms with E-state index in [0.717, 1.165) is 23.5 Å². The summed E-state index contributed by atoms with van der Waals surface area (Å²) in [4.78, 5) is 0. The van der Waals surface area contributed by atoms with Gasteiger partial charge in [-0.15, -0.1) is 0 Å². The fourth-order valence-corrected chi connectivity index (χ4v) is 2.21. The minimum Gasteiger partial charge on any atom is -0.179 e. The van der Waals surface area contributed by atoms with Gasteiger partial charge in [0.15, 0.2) is 0 Å². The highest BCUT2D eigenvalue weighted by molar-refractivity contribution is 7.80. The van der Waals surface area contributed by atoms with E-state index in [1.54, 1.807) is 0 Å². The maximum absolute atomic E-state index is 4.36. The fourth-order valence-electron chi connectivity index (χ4n) is 1.88. The molecule has 0 aliphatic heterocycles. The van der Waals surface area contributed by atoms with Crippen LogP contribution in [0.25, 0.3) is 0 Å². The highest BCUT2D eigenvalue weighted by atomic mass is 32.1. The van der Waals surface area contributed by atoms with Crippen LogP contribution < -0.4 is 0 Å². The standard InChI is InChI=1S/C12H26S/c1-9(7-12(4,5)6)11(3)10(2)8-13/h9-11,13H,7-8H2,1-6H3. The van der Waals surface area contributed by atoms with Crippen molar-refractivity contribution in [1.82, 2.24) is 0 Å². The van der Waals surface area contributed by atoms with Gasteiger partial charge in [-0.2, -0.15) is 12.6 Å². The summed E-state index contributed by atoms with van der Waals surface area (Å²) in [6.07, 6.45) is 1.31. The molecule has 0 rings (SSSR count). The lowest BCUT2D eigenvalue weighted by Gasteiger charge is -2.30. The average Bonchev–Trinajstić information content (AvgIpc) is 1.98. The lowest BCUT2D eigenvalue weighted by molar-refractivity contribution is 0.213. The Labute approximate surface area is 89.9 Å². The summed E-state index contributed by atoms with van der Waals surface area (Å²) < 4.78 is 0. The lowest BCUT2D eigenvalue weighted by atomic mass is 9.76. The third-order valence-electron chi connectivity index (χ3n) is 3.02. The quantitative estimate of drug-likeness (QED) is 0.647. The Bertz CT molecular complexity index is 135. The molecule has 80 valence electrons. The Morgan fingerprint density at radius 3 is 1.77 bits per heavy atom. The van der Waals surface area contributed by atoms with Crippen molar-refractivity contribution in [3.8, 4) is 0 Å². The summed E-state index contributed by atoms with van der Waals surface area (Å²) in [5, 5.41) is 0. The first-order valence-corrected chi connectivity index (χ1v) is 6.02. The van der Waals surface area contributed by atoms with Crippen molar-refractivity contribution in [3.05, 3.63) is 0 Å². The van der Waals surface area contributed by atoms with Gasteiger partial charge in [0.05, 0.1) is 0 Å². The topological polar surface area (TPSA) is 0 Å². The van der Waals surface area contributed by atoms with Crippen molar-refractivity contribution >= 4 is 12.6 Å². The Hall–Kier alpha value is 0.350. The lowest BCUT2D eigenvalue weighted by Crippen LogP contribution is -2.22. The first kappa shape index (κ1) is 13.4. The molecule has 0 aliphatic carbocycles. The molecule has 0 fully saturated rings. The maximum atomic E-state index is 4.36. The number of rotatable bonds is 4. The number of thiol groups is 1. The van der Waals surface area contributed by atoms with Crippen LogP contribution in [-0.2, 0) is 0 Å². The Morgan fingerprint density at radius 1 is 1.00 bits per heavy atom. The molecule has 3 atom stereocenters. The van der Waals surface area contributed by atoms with Crippen molar-refractivity contribution in [2.45, 2.75) is 48.0 Å². The first-order valence-electron chi connectivity index (χ1n) is 5.38. The molecule has 0 aromatic heterocycles.